The van der Waals surface area contributed by atoms with Gasteiger partial charge in [0.15, 0.2) is 0 Å². The van der Waals surface area contributed by atoms with Crippen LogP contribution < -0.4 is 30.3 Å². The molecular weight excluding hydrogens is 710 g/mol. The molecule has 2 saturated heterocycles. The van der Waals surface area contributed by atoms with Crippen LogP contribution in [0.2, 0.25) is 5.02 Å². The summed E-state index contributed by atoms with van der Waals surface area (Å²) >= 11 is 6.05. The van der Waals surface area contributed by atoms with Crippen molar-refractivity contribution in [3.8, 4) is 11.5 Å². The highest BCUT2D eigenvalue weighted by Gasteiger charge is 2.29. The van der Waals surface area contributed by atoms with Gasteiger partial charge >= 0.3 is 12.4 Å². The van der Waals surface area contributed by atoms with Gasteiger partial charge in [0.1, 0.15) is 41.4 Å². The highest BCUT2D eigenvalue weighted by atomic mass is 35.5. The first-order valence-electron chi connectivity index (χ1n) is 16.8. The Kier molecular flexibility index (Phi) is 16.6. The van der Waals surface area contributed by atoms with E-state index in [-0.39, 0.29) is 0 Å². The highest BCUT2D eigenvalue weighted by molar-refractivity contribution is 6.30. The second kappa shape index (κ2) is 20.3. The van der Waals surface area contributed by atoms with Gasteiger partial charge < -0.3 is 44.5 Å². The number of carboxylic acid groups (broad SMARTS) is 2. The third-order valence-electron chi connectivity index (χ3n) is 8.52. The molecule has 2 aliphatic rings. The molecule has 3 heterocycles. The Labute approximate surface area is 296 Å². The SMILES string of the molecule is Clc1ccc(OCc2nc3c(OCCCC4CCC[NH2+]C4)cccc3n2CCCC2CCC[NH2+]C2)cc1.O=C([O-])C(F)(F)F.O=C([O-])C(F)(F)F. The molecule has 5 rings (SSSR count). The third-order valence-corrected chi connectivity index (χ3v) is 8.77. The van der Waals surface area contributed by atoms with Gasteiger partial charge in [-0.05, 0) is 87.8 Å². The maximum absolute atomic E-state index is 10.5. The van der Waals surface area contributed by atoms with Crippen LogP contribution in [-0.2, 0) is 22.7 Å². The van der Waals surface area contributed by atoms with Crippen LogP contribution in [0.1, 0.15) is 57.2 Å². The van der Waals surface area contributed by atoms with Gasteiger partial charge in [-0.3, -0.25) is 0 Å². The molecule has 0 aliphatic carbocycles. The molecule has 0 radical (unpaired) electrons. The fourth-order valence-electron chi connectivity index (χ4n) is 5.99. The van der Waals surface area contributed by atoms with Crippen LogP contribution in [0.15, 0.2) is 42.5 Å². The number of benzene rings is 2. The Morgan fingerprint density at radius 2 is 1.39 bits per heavy atom. The Balaban J connectivity index is 0.000000424. The first-order valence-corrected chi connectivity index (χ1v) is 17.2. The van der Waals surface area contributed by atoms with E-state index in [1.807, 2.05) is 24.3 Å². The average Bonchev–Trinajstić information content (AvgIpc) is 3.45. The first-order chi connectivity index (χ1) is 24.1. The number of aliphatic carboxylic acids is 2. The number of alkyl halides is 6. The average molecular weight is 753 g/mol. The van der Waals surface area contributed by atoms with Gasteiger partial charge in [0.05, 0.1) is 38.3 Å². The van der Waals surface area contributed by atoms with E-state index in [9.17, 15) is 26.3 Å². The minimum absolute atomic E-state index is 0.422. The highest BCUT2D eigenvalue weighted by Crippen LogP contribution is 2.29. The number of ether oxygens (including phenoxy) is 2. The second-order valence-corrected chi connectivity index (χ2v) is 12.8. The summed E-state index contributed by atoms with van der Waals surface area (Å²) in [5.74, 6) is -1.70. The maximum atomic E-state index is 10.5. The number of carbonyl (C=O) groups is 2. The number of carboxylic acids is 2. The van der Waals surface area contributed by atoms with Crippen molar-refractivity contribution in [1.82, 2.24) is 9.55 Å². The molecule has 51 heavy (non-hydrogen) atoms. The van der Waals surface area contributed by atoms with Crippen molar-refractivity contribution in [2.45, 2.75) is 76.9 Å². The molecule has 3 aromatic rings. The van der Waals surface area contributed by atoms with E-state index < -0.39 is 24.3 Å². The molecule has 10 nitrogen and oxygen atoms in total. The molecule has 4 N–H and O–H groups in total. The Bertz CT molecular complexity index is 1480. The summed E-state index contributed by atoms with van der Waals surface area (Å²) in [6, 6.07) is 13.9. The van der Waals surface area contributed by atoms with E-state index in [1.54, 1.807) is 0 Å². The van der Waals surface area contributed by atoms with Crippen LogP contribution in [0.5, 0.6) is 11.5 Å². The van der Waals surface area contributed by atoms with Crippen molar-refractivity contribution >= 4 is 34.6 Å². The molecule has 17 heteroatoms. The number of para-hydroxylation sites is 1. The van der Waals surface area contributed by atoms with E-state index in [0.717, 1.165) is 66.2 Å². The van der Waals surface area contributed by atoms with Crippen LogP contribution in [0.25, 0.3) is 11.0 Å². The summed E-state index contributed by atoms with van der Waals surface area (Å²) < 4.78 is 77.9. The van der Waals surface area contributed by atoms with Crippen molar-refractivity contribution in [3.05, 3.63) is 53.3 Å². The zero-order valence-corrected chi connectivity index (χ0v) is 28.7. The largest absolute Gasteiger partial charge is 0.542 e. The molecule has 0 amide bonds. The number of aryl methyl sites for hydroxylation is 1. The van der Waals surface area contributed by atoms with Gasteiger partial charge in [-0.25, -0.2) is 4.98 Å². The number of piperidine rings is 2. The van der Waals surface area contributed by atoms with Gasteiger partial charge in [0, 0.05) is 23.4 Å². The van der Waals surface area contributed by atoms with Crippen molar-refractivity contribution in [1.29, 1.82) is 0 Å². The lowest BCUT2D eigenvalue weighted by Crippen LogP contribution is -2.87. The molecule has 2 atom stereocenters. The number of halogens is 7. The summed E-state index contributed by atoms with van der Waals surface area (Å²) in [6.07, 6.45) is -0.193. The van der Waals surface area contributed by atoms with E-state index in [4.69, 9.17) is 45.9 Å². The normalized spacial score (nSPS) is 17.8. The molecule has 2 fully saturated rings. The molecule has 2 aliphatic heterocycles. The summed E-state index contributed by atoms with van der Waals surface area (Å²) in [5, 5.41) is 23.2. The van der Waals surface area contributed by atoms with E-state index in [1.165, 1.54) is 64.7 Å². The summed E-state index contributed by atoms with van der Waals surface area (Å²) in [7, 11) is 0. The Morgan fingerprint density at radius 3 is 1.90 bits per heavy atom. The number of carbonyl (C=O) groups excluding carboxylic acids is 2. The number of rotatable bonds is 12. The quantitative estimate of drug-likeness (QED) is 0.214. The molecule has 1 aromatic heterocycles. The third kappa shape index (κ3) is 14.8. The zero-order chi connectivity index (χ0) is 37.4. The lowest BCUT2D eigenvalue weighted by molar-refractivity contribution is -0.669. The predicted molar refractivity (Wildman–Crippen MR) is 170 cm³/mol. The Hall–Kier alpha value is -3.76. The second-order valence-electron chi connectivity index (χ2n) is 12.4. The molecule has 0 spiro atoms. The number of aromatic nitrogens is 2. The fourth-order valence-corrected chi connectivity index (χ4v) is 6.11. The summed E-state index contributed by atoms with van der Waals surface area (Å²) in [6.45, 7) is 7.25. The van der Waals surface area contributed by atoms with Crippen molar-refractivity contribution in [3.63, 3.8) is 0 Å². The van der Waals surface area contributed by atoms with Crippen LogP contribution in [-0.4, -0.2) is 66.6 Å². The predicted octanol–water partition coefficient (Wildman–Crippen LogP) is 2.75. The molecular formula is C34H43ClF6N4O6. The van der Waals surface area contributed by atoms with Gasteiger partial charge in [0.25, 0.3) is 0 Å². The standard InChI is InChI=1S/C30H41ClN4O2.2C2HF3O2/c31-25-12-14-26(15-13-25)37-22-29-34-30-27(35(29)18-4-8-23-6-2-16-32-20-23)10-1-11-28(30)36-19-5-9-24-7-3-17-33-21-24;2*3-2(4,5)1(6)7/h1,10-15,23-24,32-33H,2-9,16-22H2;2*(H,6,7). The fraction of sp³-hybridized carbons (Fsp3) is 0.559. The maximum Gasteiger partial charge on any atom is 0.430 e. The van der Waals surface area contributed by atoms with Crippen molar-refractivity contribution in [2.75, 3.05) is 32.8 Å². The van der Waals surface area contributed by atoms with E-state index in [0.29, 0.717) is 11.6 Å². The summed E-state index contributed by atoms with van der Waals surface area (Å²) in [4.78, 5) is 22.6. The monoisotopic (exact) mass is 752 g/mol. The number of hydrogen-bond acceptors (Lipinski definition) is 7. The van der Waals surface area contributed by atoms with Crippen LogP contribution >= 0.6 is 11.6 Å². The lowest BCUT2D eigenvalue weighted by Gasteiger charge is -2.20. The van der Waals surface area contributed by atoms with Crippen molar-refractivity contribution < 1.29 is 66.3 Å². The van der Waals surface area contributed by atoms with E-state index in [2.05, 4.69) is 33.4 Å². The van der Waals surface area contributed by atoms with Gasteiger partial charge in [-0.1, -0.05) is 17.7 Å². The van der Waals surface area contributed by atoms with Gasteiger partial charge in [-0.15, -0.1) is 0 Å². The number of nitrogens with two attached hydrogens (primary N) is 2. The van der Waals surface area contributed by atoms with Crippen LogP contribution in [0, 0.1) is 11.8 Å². The van der Waals surface area contributed by atoms with Crippen molar-refractivity contribution in [2.24, 2.45) is 11.8 Å². The molecule has 284 valence electrons. The molecule has 0 saturated carbocycles. The Morgan fingerprint density at radius 1 is 0.843 bits per heavy atom. The zero-order valence-electron chi connectivity index (χ0n) is 27.9. The molecule has 2 unspecified atom stereocenters. The van der Waals surface area contributed by atoms with Crippen LogP contribution in [0.3, 0.4) is 0 Å². The van der Waals surface area contributed by atoms with E-state index >= 15 is 0 Å². The minimum Gasteiger partial charge on any atom is -0.542 e. The minimum atomic E-state index is -5.19. The topological polar surface area (TPSA) is 150 Å². The molecule has 2 aromatic carbocycles. The number of hydrogen-bond donors (Lipinski definition) is 2. The number of fused-ring (bicyclic) bond motifs is 1. The van der Waals surface area contributed by atoms with Gasteiger partial charge in [-0.2, -0.15) is 26.3 Å². The number of quaternary nitrogens is 2. The molecule has 0 bridgehead atoms. The van der Waals surface area contributed by atoms with Gasteiger partial charge in [0.2, 0.25) is 0 Å². The first kappa shape index (κ1) is 41.7. The number of nitrogens with zero attached hydrogens (tertiary/aromatic N) is 2. The number of imidazole rings is 1. The lowest BCUT2D eigenvalue weighted by atomic mass is 9.95. The smallest absolute Gasteiger partial charge is 0.430 e. The van der Waals surface area contributed by atoms with Crippen LogP contribution in [0.4, 0.5) is 26.3 Å². The summed E-state index contributed by atoms with van der Waals surface area (Å²) in [5.41, 5.74) is 2.10.